The first-order valence-corrected chi connectivity index (χ1v) is 7.07. The zero-order valence-electron chi connectivity index (χ0n) is 12.9. The third-order valence-corrected chi connectivity index (χ3v) is 2.72. The number of anilines is 2. The van der Waals surface area contributed by atoms with E-state index in [1.54, 1.807) is 7.11 Å². The van der Waals surface area contributed by atoms with E-state index in [0.29, 0.717) is 30.7 Å². The van der Waals surface area contributed by atoms with Gasteiger partial charge < -0.3 is 20.1 Å². The molecule has 1 aromatic rings. The van der Waals surface area contributed by atoms with Crippen molar-refractivity contribution in [3.05, 3.63) is 6.33 Å². The van der Waals surface area contributed by atoms with Gasteiger partial charge in [0, 0.05) is 20.2 Å². The fourth-order valence-electron chi connectivity index (χ4n) is 1.86. The van der Waals surface area contributed by atoms with E-state index in [4.69, 9.17) is 15.2 Å². The first kappa shape index (κ1) is 16.5. The first-order valence-electron chi connectivity index (χ1n) is 7.07. The van der Waals surface area contributed by atoms with E-state index >= 15 is 0 Å². The van der Waals surface area contributed by atoms with Crippen molar-refractivity contribution in [2.45, 2.75) is 27.2 Å². The van der Waals surface area contributed by atoms with Crippen molar-refractivity contribution in [3.63, 3.8) is 0 Å². The largest absolute Gasteiger partial charge is 0.476 e. The van der Waals surface area contributed by atoms with E-state index in [0.717, 1.165) is 25.3 Å². The van der Waals surface area contributed by atoms with Crippen LogP contribution in [0.3, 0.4) is 0 Å². The maximum atomic E-state index is 6.14. The molecule has 0 aliphatic rings. The van der Waals surface area contributed by atoms with Crippen molar-refractivity contribution < 1.29 is 9.47 Å². The SMILES string of the molecule is CCCOc1ncnc(N(CCOC)CC(C)C)c1N. The van der Waals surface area contributed by atoms with Gasteiger partial charge in [-0.15, -0.1) is 0 Å². The Labute approximate surface area is 121 Å². The van der Waals surface area contributed by atoms with E-state index in [1.807, 2.05) is 6.92 Å². The van der Waals surface area contributed by atoms with Crippen LogP contribution in [-0.2, 0) is 4.74 Å². The molecule has 0 fully saturated rings. The number of aromatic nitrogens is 2. The lowest BCUT2D eigenvalue weighted by atomic mass is 10.2. The summed E-state index contributed by atoms with van der Waals surface area (Å²) in [6.07, 6.45) is 2.41. The van der Waals surface area contributed by atoms with Crippen LogP contribution >= 0.6 is 0 Å². The molecular weight excluding hydrogens is 256 g/mol. The molecule has 0 saturated carbocycles. The fourth-order valence-corrected chi connectivity index (χ4v) is 1.86. The van der Waals surface area contributed by atoms with Crippen LogP contribution in [0.1, 0.15) is 27.2 Å². The summed E-state index contributed by atoms with van der Waals surface area (Å²) in [5, 5.41) is 0. The van der Waals surface area contributed by atoms with Gasteiger partial charge in [0.2, 0.25) is 5.88 Å². The average Bonchev–Trinajstić information content (AvgIpc) is 2.42. The van der Waals surface area contributed by atoms with Crippen molar-refractivity contribution in [1.29, 1.82) is 0 Å². The highest BCUT2D eigenvalue weighted by Crippen LogP contribution is 2.28. The minimum Gasteiger partial charge on any atom is -0.476 e. The second-order valence-electron chi connectivity index (χ2n) is 5.10. The highest BCUT2D eigenvalue weighted by Gasteiger charge is 2.16. The summed E-state index contributed by atoms with van der Waals surface area (Å²) in [4.78, 5) is 10.5. The van der Waals surface area contributed by atoms with E-state index in [2.05, 4.69) is 28.7 Å². The molecule has 0 saturated heterocycles. The highest BCUT2D eigenvalue weighted by molar-refractivity contribution is 5.67. The Balaban J connectivity index is 2.93. The van der Waals surface area contributed by atoms with Gasteiger partial charge in [0.05, 0.1) is 13.2 Å². The average molecular weight is 282 g/mol. The molecule has 0 radical (unpaired) electrons. The number of hydrogen-bond donors (Lipinski definition) is 1. The Morgan fingerprint density at radius 1 is 1.30 bits per heavy atom. The topological polar surface area (TPSA) is 73.5 Å². The minimum atomic E-state index is 0.461. The molecule has 0 aliphatic heterocycles. The van der Waals surface area contributed by atoms with Gasteiger partial charge in [0.1, 0.15) is 12.0 Å². The lowest BCUT2D eigenvalue weighted by molar-refractivity contribution is 0.204. The van der Waals surface area contributed by atoms with Crippen LogP contribution in [0.5, 0.6) is 5.88 Å². The number of methoxy groups -OCH3 is 1. The number of rotatable bonds is 9. The highest BCUT2D eigenvalue weighted by atomic mass is 16.5. The maximum Gasteiger partial charge on any atom is 0.242 e. The summed E-state index contributed by atoms with van der Waals surface area (Å²) in [6.45, 7) is 9.18. The van der Waals surface area contributed by atoms with Crippen LogP contribution < -0.4 is 15.4 Å². The van der Waals surface area contributed by atoms with Gasteiger partial charge in [-0.2, -0.15) is 4.98 Å². The first-order chi connectivity index (χ1) is 9.60. The van der Waals surface area contributed by atoms with E-state index < -0.39 is 0 Å². The van der Waals surface area contributed by atoms with Crippen LogP contribution in [0.4, 0.5) is 11.5 Å². The quantitative estimate of drug-likeness (QED) is 0.746. The molecule has 1 rings (SSSR count). The molecular formula is C14H26N4O2. The molecule has 20 heavy (non-hydrogen) atoms. The molecule has 1 heterocycles. The standard InChI is InChI=1S/C14H26N4O2/c1-5-7-20-14-12(15)13(16-10-17-14)18(6-8-19-4)9-11(2)3/h10-11H,5-9,15H2,1-4H3. The van der Waals surface area contributed by atoms with Crippen LogP contribution in [-0.4, -0.2) is 43.4 Å². The molecule has 2 N–H and O–H groups in total. The molecule has 0 spiro atoms. The summed E-state index contributed by atoms with van der Waals surface area (Å²) in [5.74, 6) is 1.68. The molecule has 114 valence electrons. The van der Waals surface area contributed by atoms with Gasteiger partial charge in [-0.1, -0.05) is 20.8 Å². The fraction of sp³-hybridized carbons (Fsp3) is 0.714. The number of hydrogen-bond acceptors (Lipinski definition) is 6. The summed E-state index contributed by atoms with van der Waals surface area (Å²) >= 11 is 0. The molecule has 0 unspecified atom stereocenters. The summed E-state index contributed by atoms with van der Waals surface area (Å²) in [5.41, 5.74) is 6.64. The van der Waals surface area contributed by atoms with Crippen LogP contribution in [0.15, 0.2) is 6.33 Å². The predicted octanol–water partition coefficient (Wildman–Crippen LogP) is 1.96. The van der Waals surface area contributed by atoms with Crippen LogP contribution in [0.2, 0.25) is 0 Å². The molecule has 6 heteroatoms. The molecule has 0 amide bonds. The number of nitrogen functional groups attached to an aromatic ring is 1. The Bertz CT molecular complexity index is 399. The van der Waals surface area contributed by atoms with Gasteiger partial charge in [-0.05, 0) is 12.3 Å². The van der Waals surface area contributed by atoms with Gasteiger partial charge >= 0.3 is 0 Å². The number of nitrogens with two attached hydrogens (primary N) is 1. The zero-order valence-corrected chi connectivity index (χ0v) is 12.9. The summed E-state index contributed by atoms with van der Waals surface area (Å²) in [6, 6.07) is 0. The molecule has 1 aromatic heterocycles. The second kappa shape index (κ2) is 8.58. The van der Waals surface area contributed by atoms with Gasteiger partial charge in [0.25, 0.3) is 0 Å². The second-order valence-corrected chi connectivity index (χ2v) is 5.10. The van der Waals surface area contributed by atoms with Crippen LogP contribution in [0.25, 0.3) is 0 Å². The van der Waals surface area contributed by atoms with Crippen LogP contribution in [0, 0.1) is 5.92 Å². The molecule has 0 aromatic carbocycles. The summed E-state index contributed by atoms with van der Waals surface area (Å²) < 4.78 is 10.7. The monoisotopic (exact) mass is 282 g/mol. The molecule has 0 atom stereocenters. The maximum absolute atomic E-state index is 6.14. The molecule has 0 aliphatic carbocycles. The van der Waals surface area contributed by atoms with Crippen molar-refractivity contribution in [2.75, 3.05) is 44.0 Å². The smallest absolute Gasteiger partial charge is 0.242 e. The van der Waals surface area contributed by atoms with Crippen molar-refractivity contribution in [2.24, 2.45) is 5.92 Å². The third-order valence-electron chi connectivity index (χ3n) is 2.72. The van der Waals surface area contributed by atoms with Crippen molar-refractivity contribution >= 4 is 11.5 Å². The predicted molar refractivity (Wildman–Crippen MR) is 81.2 cm³/mol. The van der Waals surface area contributed by atoms with Crippen molar-refractivity contribution in [1.82, 2.24) is 9.97 Å². The van der Waals surface area contributed by atoms with Gasteiger partial charge in [0.15, 0.2) is 5.82 Å². The van der Waals surface area contributed by atoms with Gasteiger partial charge in [-0.25, -0.2) is 4.98 Å². The van der Waals surface area contributed by atoms with Crippen molar-refractivity contribution in [3.8, 4) is 5.88 Å². The van der Waals surface area contributed by atoms with E-state index in [9.17, 15) is 0 Å². The number of nitrogens with zero attached hydrogens (tertiary/aromatic N) is 3. The Morgan fingerprint density at radius 3 is 2.65 bits per heavy atom. The third kappa shape index (κ3) is 4.85. The minimum absolute atomic E-state index is 0.461. The van der Waals surface area contributed by atoms with E-state index in [1.165, 1.54) is 6.33 Å². The lowest BCUT2D eigenvalue weighted by Gasteiger charge is -2.26. The van der Waals surface area contributed by atoms with E-state index in [-0.39, 0.29) is 0 Å². The normalized spacial score (nSPS) is 10.8. The Kier molecular flexibility index (Phi) is 7.08. The molecule has 6 nitrogen and oxygen atoms in total. The van der Waals surface area contributed by atoms with Gasteiger partial charge in [-0.3, -0.25) is 0 Å². The summed E-state index contributed by atoms with van der Waals surface area (Å²) in [7, 11) is 1.69. The lowest BCUT2D eigenvalue weighted by Crippen LogP contribution is -2.32. The molecule has 0 bridgehead atoms. The Morgan fingerprint density at radius 2 is 2.05 bits per heavy atom. The zero-order chi connectivity index (χ0) is 15.0. The number of ether oxygens (including phenoxy) is 2. The Hall–Kier alpha value is -1.56.